The first-order valence-corrected chi connectivity index (χ1v) is 6.29. The standard InChI is InChI=1S/C13H16N4O.ClH/c18-12(8-9-4-3-7-14-9)17-13-15-10-5-1-2-6-11(10)16-13;/h1-2,5-6,9,14H,3-4,7-8H2,(H2,15,16,17,18);1H. The molecule has 6 heteroatoms. The van der Waals surface area contributed by atoms with Crippen LogP contribution in [-0.4, -0.2) is 28.5 Å². The highest BCUT2D eigenvalue weighted by atomic mass is 35.5. The summed E-state index contributed by atoms with van der Waals surface area (Å²) in [6, 6.07) is 8.04. The van der Waals surface area contributed by atoms with Crippen molar-refractivity contribution < 1.29 is 4.79 Å². The van der Waals surface area contributed by atoms with Gasteiger partial charge in [-0.2, -0.15) is 0 Å². The van der Waals surface area contributed by atoms with Gasteiger partial charge in [0.05, 0.1) is 11.0 Å². The van der Waals surface area contributed by atoms with Crippen LogP contribution in [0.2, 0.25) is 0 Å². The van der Waals surface area contributed by atoms with Crippen molar-refractivity contribution in [3.05, 3.63) is 24.3 Å². The lowest BCUT2D eigenvalue weighted by Gasteiger charge is -2.08. The molecule has 1 aromatic heterocycles. The van der Waals surface area contributed by atoms with Crippen molar-refractivity contribution in [2.75, 3.05) is 11.9 Å². The van der Waals surface area contributed by atoms with Crippen LogP contribution in [0.3, 0.4) is 0 Å². The summed E-state index contributed by atoms with van der Waals surface area (Å²) in [5.41, 5.74) is 1.80. The Morgan fingerprint density at radius 3 is 3.00 bits per heavy atom. The van der Waals surface area contributed by atoms with Gasteiger partial charge in [0, 0.05) is 12.5 Å². The molecule has 0 radical (unpaired) electrons. The van der Waals surface area contributed by atoms with Crippen molar-refractivity contribution in [3.8, 4) is 0 Å². The topological polar surface area (TPSA) is 69.8 Å². The van der Waals surface area contributed by atoms with E-state index in [2.05, 4.69) is 20.6 Å². The number of nitrogens with one attached hydrogen (secondary N) is 3. The average molecular weight is 281 g/mol. The number of imidazole rings is 1. The highest BCUT2D eigenvalue weighted by molar-refractivity contribution is 5.91. The maximum Gasteiger partial charge on any atom is 0.228 e. The fourth-order valence-corrected chi connectivity index (χ4v) is 2.35. The zero-order chi connectivity index (χ0) is 12.4. The number of fused-ring (bicyclic) bond motifs is 1. The summed E-state index contributed by atoms with van der Waals surface area (Å²) in [5, 5.41) is 6.12. The van der Waals surface area contributed by atoms with Crippen LogP contribution in [0.5, 0.6) is 0 Å². The zero-order valence-corrected chi connectivity index (χ0v) is 11.3. The second-order valence-electron chi connectivity index (χ2n) is 4.65. The number of benzene rings is 1. The number of nitrogens with zero attached hydrogens (tertiary/aromatic N) is 1. The lowest BCUT2D eigenvalue weighted by atomic mass is 10.1. The van der Waals surface area contributed by atoms with Gasteiger partial charge < -0.3 is 10.3 Å². The van der Waals surface area contributed by atoms with Crippen LogP contribution in [0.1, 0.15) is 19.3 Å². The molecule has 1 saturated heterocycles. The van der Waals surface area contributed by atoms with E-state index in [4.69, 9.17) is 0 Å². The molecule has 3 rings (SSSR count). The number of carbonyl (C=O) groups excluding carboxylic acids is 1. The van der Waals surface area contributed by atoms with Crippen LogP contribution in [0.15, 0.2) is 24.3 Å². The summed E-state index contributed by atoms with van der Waals surface area (Å²) < 4.78 is 0. The van der Waals surface area contributed by atoms with Gasteiger partial charge >= 0.3 is 0 Å². The van der Waals surface area contributed by atoms with Gasteiger partial charge in [-0.15, -0.1) is 12.4 Å². The van der Waals surface area contributed by atoms with Gasteiger partial charge in [-0.1, -0.05) is 12.1 Å². The smallest absolute Gasteiger partial charge is 0.228 e. The van der Waals surface area contributed by atoms with Gasteiger partial charge in [-0.3, -0.25) is 10.1 Å². The van der Waals surface area contributed by atoms with Gasteiger partial charge in [0.25, 0.3) is 0 Å². The molecule has 1 aliphatic rings. The van der Waals surface area contributed by atoms with E-state index in [0.717, 1.165) is 30.4 Å². The number of aromatic amines is 1. The van der Waals surface area contributed by atoms with Crippen molar-refractivity contribution in [1.29, 1.82) is 0 Å². The molecule has 1 atom stereocenters. The van der Waals surface area contributed by atoms with Gasteiger partial charge in [0.1, 0.15) is 0 Å². The van der Waals surface area contributed by atoms with E-state index in [1.807, 2.05) is 24.3 Å². The molecule has 1 amide bonds. The second kappa shape index (κ2) is 6.04. The second-order valence-corrected chi connectivity index (χ2v) is 4.65. The van der Waals surface area contributed by atoms with Crippen molar-refractivity contribution in [3.63, 3.8) is 0 Å². The number of hydrogen-bond donors (Lipinski definition) is 3. The molecule has 2 aromatic rings. The third kappa shape index (κ3) is 3.24. The third-order valence-electron chi connectivity index (χ3n) is 3.24. The first kappa shape index (κ1) is 13.8. The van der Waals surface area contributed by atoms with Gasteiger partial charge in [0.2, 0.25) is 11.9 Å². The summed E-state index contributed by atoms with van der Waals surface area (Å²) in [5.74, 6) is 0.535. The Kier molecular flexibility index (Phi) is 4.39. The number of para-hydroxylation sites is 2. The maximum absolute atomic E-state index is 11.8. The summed E-state index contributed by atoms with van der Waals surface area (Å²) in [7, 11) is 0. The Hall–Kier alpha value is -1.59. The highest BCUT2D eigenvalue weighted by Crippen LogP contribution is 2.14. The van der Waals surface area contributed by atoms with Crippen LogP contribution in [0.4, 0.5) is 5.95 Å². The van der Waals surface area contributed by atoms with Gasteiger partial charge in [0.15, 0.2) is 0 Å². The fraction of sp³-hybridized carbons (Fsp3) is 0.385. The Balaban J connectivity index is 0.00000133. The van der Waals surface area contributed by atoms with E-state index in [9.17, 15) is 4.79 Å². The van der Waals surface area contributed by atoms with Gasteiger partial charge in [-0.05, 0) is 31.5 Å². The van der Waals surface area contributed by atoms with E-state index < -0.39 is 0 Å². The number of anilines is 1. The molecule has 1 aromatic carbocycles. The molecule has 0 saturated carbocycles. The lowest BCUT2D eigenvalue weighted by Crippen LogP contribution is -2.27. The first-order valence-electron chi connectivity index (χ1n) is 6.29. The van der Waals surface area contributed by atoms with Crippen LogP contribution in [-0.2, 0) is 4.79 Å². The zero-order valence-electron chi connectivity index (χ0n) is 10.5. The average Bonchev–Trinajstić information content (AvgIpc) is 2.96. The number of rotatable bonds is 3. The van der Waals surface area contributed by atoms with Crippen LogP contribution in [0.25, 0.3) is 11.0 Å². The van der Waals surface area contributed by atoms with Crippen molar-refractivity contribution in [2.24, 2.45) is 0 Å². The minimum atomic E-state index is 0. The summed E-state index contributed by atoms with van der Waals surface area (Å²) in [4.78, 5) is 19.2. The molecule has 1 aliphatic heterocycles. The number of halogens is 1. The van der Waals surface area contributed by atoms with E-state index in [0.29, 0.717) is 18.4 Å². The number of amides is 1. The monoisotopic (exact) mass is 280 g/mol. The molecular formula is C13H17ClN4O. The molecule has 19 heavy (non-hydrogen) atoms. The predicted molar refractivity (Wildman–Crippen MR) is 77.6 cm³/mol. The van der Waals surface area contributed by atoms with E-state index in [-0.39, 0.29) is 18.3 Å². The highest BCUT2D eigenvalue weighted by Gasteiger charge is 2.18. The molecule has 0 bridgehead atoms. The molecule has 3 N–H and O–H groups in total. The Morgan fingerprint density at radius 2 is 2.26 bits per heavy atom. The van der Waals surface area contributed by atoms with E-state index >= 15 is 0 Å². The minimum absolute atomic E-state index is 0. The number of H-pyrrole nitrogens is 1. The first-order chi connectivity index (χ1) is 8.81. The summed E-state index contributed by atoms with van der Waals surface area (Å²) >= 11 is 0. The lowest BCUT2D eigenvalue weighted by molar-refractivity contribution is -0.116. The largest absolute Gasteiger partial charge is 0.324 e. The predicted octanol–water partition coefficient (Wildman–Crippen LogP) is 2.07. The Morgan fingerprint density at radius 1 is 1.42 bits per heavy atom. The van der Waals surface area contributed by atoms with E-state index in [1.54, 1.807) is 0 Å². The fourth-order valence-electron chi connectivity index (χ4n) is 2.35. The van der Waals surface area contributed by atoms with Crippen molar-refractivity contribution in [2.45, 2.75) is 25.3 Å². The molecule has 1 fully saturated rings. The van der Waals surface area contributed by atoms with Crippen molar-refractivity contribution >= 4 is 35.3 Å². The quantitative estimate of drug-likeness (QED) is 0.806. The summed E-state index contributed by atoms with van der Waals surface area (Å²) in [6.45, 7) is 1.02. The molecular weight excluding hydrogens is 264 g/mol. The molecule has 0 spiro atoms. The molecule has 0 aliphatic carbocycles. The number of hydrogen-bond acceptors (Lipinski definition) is 3. The SMILES string of the molecule is Cl.O=C(CC1CCCN1)Nc1nc2ccccc2[nH]1. The van der Waals surface area contributed by atoms with Crippen molar-refractivity contribution in [1.82, 2.24) is 15.3 Å². The Bertz CT molecular complexity index is 530. The Labute approximate surface area is 117 Å². The number of aromatic nitrogens is 2. The molecule has 1 unspecified atom stereocenters. The van der Waals surface area contributed by atoms with Gasteiger partial charge in [-0.25, -0.2) is 4.98 Å². The molecule has 2 heterocycles. The molecule has 102 valence electrons. The normalized spacial score (nSPS) is 18.2. The third-order valence-corrected chi connectivity index (χ3v) is 3.24. The minimum Gasteiger partial charge on any atom is -0.324 e. The maximum atomic E-state index is 11.8. The number of carbonyl (C=O) groups is 1. The van der Waals surface area contributed by atoms with Crippen LogP contribution < -0.4 is 10.6 Å². The molecule has 5 nitrogen and oxygen atoms in total. The van der Waals surface area contributed by atoms with Crippen LogP contribution in [0, 0.1) is 0 Å². The van der Waals surface area contributed by atoms with E-state index in [1.165, 1.54) is 0 Å². The summed E-state index contributed by atoms with van der Waals surface area (Å²) in [6.07, 6.45) is 2.74. The van der Waals surface area contributed by atoms with Crippen LogP contribution >= 0.6 is 12.4 Å².